The lowest BCUT2D eigenvalue weighted by atomic mass is 10.2. The quantitative estimate of drug-likeness (QED) is 0.596. The molecule has 3 aromatic rings. The highest BCUT2D eigenvalue weighted by molar-refractivity contribution is 5.92. The maximum Gasteiger partial charge on any atom is 0.407 e. The lowest BCUT2D eigenvalue weighted by Gasteiger charge is -2.17. The van der Waals surface area contributed by atoms with Crippen LogP contribution in [0.2, 0.25) is 0 Å². The molecule has 7 heteroatoms. The highest BCUT2D eigenvalue weighted by atomic mass is 16.6. The van der Waals surface area contributed by atoms with Crippen molar-refractivity contribution in [3.05, 3.63) is 41.6 Å². The summed E-state index contributed by atoms with van der Waals surface area (Å²) in [6, 6.07) is 9.74. The molecule has 0 saturated carbocycles. The number of anilines is 1. The molecule has 0 unspecified atom stereocenters. The number of aromatic amines is 1. The standard InChI is InChI=1S/C21H27N5O2/c1-12(2)28-21(27)23-13(3)11-22-19-17-14(4)15(5)24-20(17)26-18(25-19)16-9-7-6-8-10-16/h6-10,12-13H,11H2,1-5H3,(H,23,27)(H2,22,24,25,26)/t13-/m1/s1. The molecule has 148 valence electrons. The van der Waals surface area contributed by atoms with Crippen LogP contribution in [0.5, 0.6) is 0 Å². The predicted molar refractivity (Wildman–Crippen MR) is 112 cm³/mol. The van der Waals surface area contributed by atoms with Gasteiger partial charge in [0.15, 0.2) is 5.82 Å². The molecule has 0 aliphatic heterocycles. The molecule has 3 rings (SSSR count). The minimum Gasteiger partial charge on any atom is -0.447 e. The normalized spacial score (nSPS) is 12.2. The van der Waals surface area contributed by atoms with Crippen LogP contribution in [-0.2, 0) is 4.74 Å². The van der Waals surface area contributed by atoms with Crippen LogP contribution in [0.25, 0.3) is 22.4 Å². The van der Waals surface area contributed by atoms with Gasteiger partial charge in [-0.3, -0.25) is 0 Å². The van der Waals surface area contributed by atoms with Gasteiger partial charge in [-0.2, -0.15) is 0 Å². The Morgan fingerprint density at radius 3 is 2.54 bits per heavy atom. The molecule has 7 nitrogen and oxygen atoms in total. The van der Waals surface area contributed by atoms with Gasteiger partial charge < -0.3 is 20.4 Å². The third-order valence-corrected chi connectivity index (χ3v) is 4.47. The van der Waals surface area contributed by atoms with Crippen molar-refractivity contribution >= 4 is 22.9 Å². The second-order valence-corrected chi connectivity index (χ2v) is 7.24. The van der Waals surface area contributed by atoms with Crippen LogP contribution in [0, 0.1) is 13.8 Å². The van der Waals surface area contributed by atoms with E-state index in [9.17, 15) is 4.79 Å². The van der Waals surface area contributed by atoms with Crippen LogP contribution < -0.4 is 10.6 Å². The first-order valence-corrected chi connectivity index (χ1v) is 9.48. The number of rotatable bonds is 6. The fraction of sp³-hybridized carbons (Fsp3) is 0.381. The number of carbonyl (C=O) groups excluding carboxylic acids is 1. The Hall–Kier alpha value is -3.09. The number of aromatic nitrogens is 3. The minimum atomic E-state index is -0.421. The molecular formula is C21H27N5O2. The smallest absolute Gasteiger partial charge is 0.407 e. The molecule has 0 bridgehead atoms. The summed E-state index contributed by atoms with van der Waals surface area (Å²) in [6.07, 6.45) is -0.573. The lowest BCUT2D eigenvalue weighted by Crippen LogP contribution is -2.38. The number of nitrogens with zero attached hydrogens (tertiary/aromatic N) is 2. The first-order chi connectivity index (χ1) is 13.3. The number of carbonyl (C=O) groups is 1. The number of ether oxygens (including phenoxy) is 1. The molecule has 0 spiro atoms. The average Bonchev–Trinajstić information content (AvgIpc) is 2.93. The number of hydrogen-bond acceptors (Lipinski definition) is 5. The maximum absolute atomic E-state index is 11.8. The molecular weight excluding hydrogens is 354 g/mol. The van der Waals surface area contributed by atoms with Gasteiger partial charge in [0.05, 0.1) is 11.5 Å². The van der Waals surface area contributed by atoms with Gasteiger partial charge in [-0.1, -0.05) is 30.3 Å². The second kappa shape index (κ2) is 8.29. The zero-order chi connectivity index (χ0) is 20.3. The Morgan fingerprint density at radius 1 is 1.14 bits per heavy atom. The van der Waals surface area contributed by atoms with Gasteiger partial charge in [0.1, 0.15) is 11.5 Å². The van der Waals surface area contributed by atoms with Crippen LogP contribution in [0.1, 0.15) is 32.0 Å². The lowest BCUT2D eigenvalue weighted by molar-refractivity contribution is 0.113. The third kappa shape index (κ3) is 4.42. The van der Waals surface area contributed by atoms with E-state index in [1.165, 1.54) is 0 Å². The Balaban J connectivity index is 1.86. The summed E-state index contributed by atoms with van der Waals surface area (Å²) in [5, 5.41) is 7.16. The topological polar surface area (TPSA) is 91.9 Å². The van der Waals surface area contributed by atoms with Crippen molar-refractivity contribution in [2.24, 2.45) is 0 Å². The van der Waals surface area contributed by atoms with Crippen LogP contribution in [0.15, 0.2) is 30.3 Å². The van der Waals surface area contributed by atoms with E-state index in [1.54, 1.807) is 0 Å². The molecule has 2 aromatic heterocycles. The van der Waals surface area contributed by atoms with Gasteiger partial charge in [-0.25, -0.2) is 14.8 Å². The Morgan fingerprint density at radius 2 is 1.86 bits per heavy atom. The number of hydrogen-bond donors (Lipinski definition) is 3. The number of H-pyrrole nitrogens is 1. The van der Waals surface area contributed by atoms with E-state index in [4.69, 9.17) is 14.7 Å². The summed E-state index contributed by atoms with van der Waals surface area (Å²) >= 11 is 0. The van der Waals surface area contributed by atoms with Crippen molar-refractivity contribution in [2.45, 2.75) is 46.8 Å². The monoisotopic (exact) mass is 381 g/mol. The van der Waals surface area contributed by atoms with Crippen molar-refractivity contribution in [3.8, 4) is 11.4 Å². The van der Waals surface area contributed by atoms with Crippen molar-refractivity contribution in [1.82, 2.24) is 20.3 Å². The van der Waals surface area contributed by atoms with Gasteiger partial charge in [-0.15, -0.1) is 0 Å². The second-order valence-electron chi connectivity index (χ2n) is 7.24. The summed E-state index contributed by atoms with van der Waals surface area (Å²) in [5.74, 6) is 1.40. The Kier molecular flexibility index (Phi) is 5.82. The van der Waals surface area contributed by atoms with E-state index in [0.29, 0.717) is 12.4 Å². The summed E-state index contributed by atoms with van der Waals surface area (Å²) in [7, 11) is 0. The molecule has 0 radical (unpaired) electrons. The molecule has 1 aromatic carbocycles. The van der Waals surface area contributed by atoms with Crippen LogP contribution >= 0.6 is 0 Å². The number of fused-ring (bicyclic) bond motifs is 1. The summed E-state index contributed by atoms with van der Waals surface area (Å²) < 4.78 is 5.13. The number of nitrogens with one attached hydrogen (secondary N) is 3. The van der Waals surface area contributed by atoms with Crippen molar-refractivity contribution in [1.29, 1.82) is 0 Å². The molecule has 0 fully saturated rings. The molecule has 2 heterocycles. The van der Waals surface area contributed by atoms with Crippen molar-refractivity contribution in [3.63, 3.8) is 0 Å². The summed E-state index contributed by atoms with van der Waals surface area (Å²) in [5.41, 5.74) is 3.91. The number of aryl methyl sites for hydroxylation is 2. The molecule has 1 atom stereocenters. The van der Waals surface area contributed by atoms with Crippen LogP contribution in [0.3, 0.4) is 0 Å². The number of benzene rings is 1. The van der Waals surface area contributed by atoms with Gasteiger partial charge >= 0.3 is 6.09 Å². The van der Waals surface area contributed by atoms with Crippen molar-refractivity contribution in [2.75, 3.05) is 11.9 Å². The van der Waals surface area contributed by atoms with Crippen LogP contribution in [-0.4, -0.2) is 39.7 Å². The Bertz CT molecular complexity index is 966. The van der Waals surface area contributed by atoms with Crippen LogP contribution in [0.4, 0.5) is 10.6 Å². The molecule has 3 N–H and O–H groups in total. The summed E-state index contributed by atoms with van der Waals surface area (Å²) in [6.45, 7) is 10.1. The largest absolute Gasteiger partial charge is 0.447 e. The number of alkyl carbamates (subject to hydrolysis) is 1. The zero-order valence-electron chi connectivity index (χ0n) is 17.0. The third-order valence-electron chi connectivity index (χ3n) is 4.47. The van der Waals surface area contributed by atoms with E-state index in [1.807, 2.05) is 65.0 Å². The van der Waals surface area contributed by atoms with E-state index in [0.717, 1.165) is 33.7 Å². The number of amides is 1. The van der Waals surface area contributed by atoms with Gasteiger partial charge in [0.25, 0.3) is 0 Å². The molecule has 0 saturated heterocycles. The first-order valence-electron chi connectivity index (χ1n) is 9.48. The fourth-order valence-electron chi connectivity index (χ4n) is 2.96. The SMILES string of the molecule is Cc1[nH]c2nc(-c3ccccc3)nc(NC[C@@H](C)NC(=O)OC(C)C)c2c1C. The highest BCUT2D eigenvalue weighted by Gasteiger charge is 2.16. The minimum absolute atomic E-state index is 0.128. The average molecular weight is 381 g/mol. The van der Waals surface area contributed by atoms with Crippen molar-refractivity contribution < 1.29 is 9.53 Å². The van der Waals surface area contributed by atoms with Gasteiger partial charge in [0, 0.05) is 23.8 Å². The molecule has 1 amide bonds. The molecule has 0 aliphatic rings. The van der Waals surface area contributed by atoms with E-state index >= 15 is 0 Å². The molecule has 0 aliphatic carbocycles. The van der Waals surface area contributed by atoms with Gasteiger partial charge in [0.2, 0.25) is 0 Å². The van der Waals surface area contributed by atoms with Gasteiger partial charge in [-0.05, 0) is 40.2 Å². The Labute approximate surface area is 164 Å². The summed E-state index contributed by atoms with van der Waals surface area (Å²) in [4.78, 5) is 24.6. The van der Waals surface area contributed by atoms with E-state index in [-0.39, 0.29) is 12.1 Å². The van der Waals surface area contributed by atoms with E-state index < -0.39 is 6.09 Å². The predicted octanol–water partition coefficient (Wildman–Crippen LogP) is 4.18. The molecule has 28 heavy (non-hydrogen) atoms. The highest BCUT2D eigenvalue weighted by Crippen LogP contribution is 2.29. The zero-order valence-corrected chi connectivity index (χ0v) is 17.0. The fourth-order valence-corrected chi connectivity index (χ4v) is 2.96. The van der Waals surface area contributed by atoms with E-state index in [2.05, 4.69) is 15.6 Å². The maximum atomic E-state index is 11.8. The first kappa shape index (κ1) is 19.7.